The number of esters is 1. The molecule has 0 radical (unpaired) electrons. The second-order valence-corrected chi connectivity index (χ2v) is 7.63. The fourth-order valence-electron chi connectivity index (χ4n) is 2.43. The standard InChI is InChI=1S/C20H25NO6S/c1-4-21-28(23,24)18-11-6-15(3)19(14-18)20(22)27-13-12-26-17-9-7-16(8-10-17)25-5-2/h6-11,14,21H,4-5,12-13H2,1-3H3. The molecule has 0 aromatic heterocycles. The van der Waals surface area contributed by atoms with Crippen molar-refractivity contribution in [3.63, 3.8) is 0 Å². The zero-order valence-electron chi connectivity index (χ0n) is 16.2. The Morgan fingerprint density at radius 2 is 1.61 bits per heavy atom. The average molecular weight is 407 g/mol. The maximum atomic E-state index is 12.3. The highest BCUT2D eigenvalue weighted by Crippen LogP contribution is 2.18. The van der Waals surface area contributed by atoms with Gasteiger partial charge in [0, 0.05) is 6.54 Å². The lowest BCUT2D eigenvalue weighted by Crippen LogP contribution is -2.23. The monoisotopic (exact) mass is 407 g/mol. The molecule has 0 heterocycles. The molecule has 0 amide bonds. The predicted octanol–water partition coefficient (Wildman–Crippen LogP) is 2.93. The van der Waals surface area contributed by atoms with E-state index in [1.165, 1.54) is 12.1 Å². The molecule has 0 spiro atoms. The number of hydrogen-bond acceptors (Lipinski definition) is 6. The number of carbonyl (C=O) groups is 1. The Morgan fingerprint density at radius 1 is 0.964 bits per heavy atom. The highest BCUT2D eigenvalue weighted by atomic mass is 32.2. The van der Waals surface area contributed by atoms with Crippen molar-refractivity contribution in [2.45, 2.75) is 25.7 Å². The molecule has 0 saturated carbocycles. The number of benzene rings is 2. The zero-order valence-corrected chi connectivity index (χ0v) is 17.0. The first-order chi connectivity index (χ1) is 13.4. The summed E-state index contributed by atoms with van der Waals surface area (Å²) in [6.45, 7) is 6.38. The van der Waals surface area contributed by atoms with Gasteiger partial charge in [0.25, 0.3) is 0 Å². The van der Waals surface area contributed by atoms with Crippen LogP contribution in [0.25, 0.3) is 0 Å². The first kappa shape index (κ1) is 21.7. The molecule has 2 rings (SSSR count). The van der Waals surface area contributed by atoms with E-state index in [4.69, 9.17) is 14.2 Å². The Kier molecular flexibility index (Phi) is 7.83. The molecule has 0 aliphatic heterocycles. The van der Waals surface area contributed by atoms with Gasteiger partial charge < -0.3 is 14.2 Å². The lowest BCUT2D eigenvalue weighted by atomic mass is 10.1. The van der Waals surface area contributed by atoms with E-state index in [9.17, 15) is 13.2 Å². The maximum absolute atomic E-state index is 12.3. The van der Waals surface area contributed by atoms with E-state index in [2.05, 4.69) is 4.72 Å². The van der Waals surface area contributed by atoms with E-state index in [1.807, 2.05) is 6.92 Å². The van der Waals surface area contributed by atoms with Crippen LogP contribution in [-0.4, -0.2) is 40.8 Å². The van der Waals surface area contributed by atoms with E-state index in [0.29, 0.717) is 17.9 Å². The normalized spacial score (nSPS) is 11.1. The van der Waals surface area contributed by atoms with Gasteiger partial charge in [-0.15, -0.1) is 0 Å². The molecular formula is C20H25NO6S. The number of carbonyl (C=O) groups excluding carboxylic acids is 1. The van der Waals surface area contributed by atoms with Crippen molar-refractivity contribution in [1.29, 1.82) is 0 Å². The van der Waals surface area contributed by atoms with Crippen LogP contribution >= 0.6 is 0 Å². The van der Waals surface area contributed by atoms with E-state index in [1.54, 1.807) is 44.2 Å². The van der Waals surface area contributed by atoms with Crippen molar-refractivity contribution in [2.24, 2.45) is 0 Å². The lowest BCUT2D eigenvalue weighted by molar-refractivity contribution is 0.0449. The Balaban J connectivity index is 1.92. The molecule has 0 unspecified atom stereocenters. The molecule has 0 saturated heterocycles. The van der Waals surface area contributed by atoms with Gasteiger partial charge in [0.05, 0.1) is 17.1 Å². The molecule has 28 heavy (non-hydrogen) atoms. The molecule has 7 nitrogen and oxygen atoms in total. The molecule has 0 aliphatic carbocycles. The number of ether oxygens (including phenoxy) is 3. The fraction of sp³-hybridized carbons (Fsp3) is 0.350. The minimum Gasteiger partial charge on any atom is -0.494 e. The molecule has 8 heteroatoms. The Hall–Kier alpha value is -2.58. The first-order valence-corrected chi connectivity index (χ1v) is 10.5. The van der Waals surface area contributed by atoms with Gasteiger partial charge in [0.1, 0.15) is 24.7 Å². The minimum absolute atomic E-state index is 0.0255. The van der Waals surface area contributed by atoms with Crippen LogP contribution in [0.4, 0.5) is 0 Å². The van der Waals surface area contributed by atoms with Crippen LogP contribution in [0.3, 0.4) is 0 Å². The van der Waals surface area contributed by atoms with Gasteiger partial charge in [0.15, 0.2) is 0 Å². The maximum Gasteiger partial charge on any atom is 0.338 e. The van der Waals surface area contributed by atoms with Gasteiger partial charge in [-0.1, -0.05) is 13.0 Å². The number of sulfonamides is 1. The molecule has 0 bridgehead atoms. The topological polar surface area (TPSA) is 90.9 Å². The second-order valence-electron chi connectivity index (χ2n) is 5.87. The summed E-state index contributed by atoms with van der Waals surface area (Å²) >= 11 is 0. The smallest absolute Gasteiger partial charge is 0.338 e. The summed E-state index contributed by atoms with van der Waals surface area (Å²) in [5.74, 6) is 0.792. The number of hydrogen-bond donors (Lipinski definition) is 1. The summed E-state index contributed by atoms with van der Waals surface area (Å²) in [7, 11) is -3.64. The third-order valence-electron chi connectivity index (χ3n) is 3.79. The average Bonchev–Trinajstić information content (AvgIpc) is 2.66. The summed E-state index contributed by atoms with van der Waals surface area (Å²) in [4.78, 5) is 12.3. The fourth-order valence-corrected chi connectivity index (χ4v) is 3.50. The molecule has 152 valence electrons. The van der Waals surface area contributed by atoms with Crippen LogP contribution in [-0.2, 0) is 14.8 Å². The Labute approximate surface area is 165 Å². The van der Waals surface area contributed by atoms with E-state index in [-0.39, 0.29) is 30.2 Å². The van der Waals surface area contributed by atoms with E-state index in [0.717, 1.165) is 5.75 Å². The van der Waals surface area contributed by atoms with Gasteiger partial charge in [-0.05, 0) is 55.8 Å². The minimum atomic E-state index is -3.64. The highest BCUT2D eigenvalue weighted by Gasteiger charge is 2.18. The van der Waals surface area contributed by atoms with E-state index >= 15 is 0 Å². The summed E-state index contributed by atoms with van der Waals surface area (Å²) in [6.07, 6.45) is 0. The van der Waals surface area contributed by atoms with Gasteiger partial charge >= 0.3 is 5.97 Å². The van der Waals surface area contributed by atoms with Crippen LogP contribution in [0.1, 0.15) is 29.8 Å². The Bertz CT molecular complexity index is 893. The zero-order chi connectivity index (χ0) is 20.6. The molecule has 0 aliphatic rings. The van der Waals surface area contributed by atoms with Crippen molar-refractivity contribution in [3.05, 3.63) is 53.6 Å². The molecular weight excluding hydrogens is 382 g/mol. The van der Waals surface area contributed by atoms with Crippen molar-refractivity contribution < 1.29 is 27.4 Å². The third-order valence-corrected chi connectivity index (χ3v) is 5.34. The van der Waals surface area contributed by atoms with Crippen LogP contribution in [0, 0.1) is 6.92 Å². The SMILES string of the molecule is CCNS(=O)(=O)c1ccc(C)c(C(=O)OCCOc2ccc(OCC)cc2)c1. The van der Waals surface area contributed by atoms with E-state index < -0.39 is 16.0 Å². The predicted molar refractivity (Wildman–Crippen MR) is 105 cm³/mol. The van der Waals surface area contributed by atoms with Crippen LogP contribution in [0.2, 0.25) is 0 Å². The summed E-state index contributed by atoms with van der Waals surface area (Å²) < 4.78 is 42.7. The summed E-state index contributed by atoms with van der Waals surface area (Å²) in [5.41, 5.74) is 0.841. The lowest BCUT2D eigenvalue weighted by Gasteiger charge is -2.11. The third kappa shape index (κ3) is 5.97. The van der Waals surface area contributed by atoms with Gasteiger partial charge in [0.2, 0.25) is 10.0 Å². The second kappa shape index (κ2) is 10.1. The first-order valence-electron chi connectivity index (χ1n) is 9.00. The quantitative estimate of drug-likeness (QED) is 0.481. The van der Waals surface area contributed by atoms with Crippen LogP contribution in [0.5, 0.6) is 11.5 Å². The van der Waals surface area contributed by atoms with Crippen molar-refractivity contribution in [3.8, 4) is 11.5 Å². The van der Waals surface area contributed by atoms with Crippen molar-refractivity contribution in [1.82, 2.24) is 4.72 Å². The van der Waals surface area contributed by atoms with Crippen molar-refractivity contribution in [2.75, 3.05) is 26.4 Å². The molecule has 0 fully saturated rings. The highest BCUT2D eigenvalue weighted by molar-refractivity contribution is 7.89. The van der Waals surface area contributed by atoms with Gasteiger partial charge in [-0.2, -0.15) is 0 Å². The number of rotatable bonds is 10. The molecule has 1 N–H and O–H groups in total. The summed E-state index contributed by atoms with van der Waals surface area (Å²) in [6, 6.07) is 11.5. The van der Waals surface area contributed by atoms with Crippen LogP contribution < -0.4 is 14.2 Å². The number of nitrogens with one attached hydrogen (secondary N) is 1. The largest absolute Gasteiger partial charge is 0.494 e. The summed E-state index contributed by atoms with van der Waals surface area (Å²) in [5, 5.41) is 0. The molecule has 0 atom stereocenters. The van der Waals surface area contributed by atoms with Crippen molar-refractivity contribution >= 4 is 16.0 Å². The number of aryl methyl sites for hydroxylation is 1. The molecule has 2 aromatic rings. The van der Waals surface area contributed by atoms with Gasteiger partial charge in [-0.3, -0.25) is 0 Å². The Morgan fingerprint density at radius 3 is 2.21 bits per heavy atom. The van der Waals surface area contributed by atoms with Gasteiger partial charge in [-0.25, -0.2) is 17.9 Å². The van der Waals surface area contributed by atoms with Crippen LogP contribution in [0.15, 0.2) is 47.4 Å². The molecule has 2 aromatic carbocycles.